The number of imide groups is 1. The van der Waals surface area contributed by atoms with E-state index in [1.54, 1.807) is 0 Å². The Balaban J connectivity index is 0.000000423. The Labute approximate surface area is 131 Å². The van der Waals surface area contributed by atoms with Crippen LogP contribution in [0.3, 0.4) is 0 Å². The Hall–Kier alpha value is -2.65. The van der Waals surface area contributed by atoms with Gasteiger partial charge in [0.2, 0.25) is 0 Å². The van der Waals surface area contributed by atoms with E-state index in [9.17, 15) is 14.4 Å². The Morgan fingerprint density at radius 2 is 1.55 bits per heavy atom. The number of rotatable bonds is 2. The van der Waals surface area contributed by atoms with Crippen molar-refractivity contribution < 1.29 is 24.7 Å². The number of nitrogens with two attached hydrogens (primary N) is 2. The monoisotopic (exact) mass is 330 g/mol. The van der Waals surface area contributed by atoms with Crippen LogP contribution >= 0.6 is 12.4 Å². The fourth-order valence-electron chi connectivity index (χ4n) is 1.39. The quantitative estimate of drug-likeness (QED) is 0.261. The number of hydroxylamine groups is 2. The van der Waals surface area contributed by atoms with Crippen molar-refractivity contribution >= 4 is 41.8 Å². The van der Waals surface area contributed by atoms with Gasteiger partial charge in [-0.05, 0) is 24.3 Å². The van der Waals surface area contributed by atoms with E-state index in [-0.39, 0.29) is 41.8 Å². The predicted molar refractivity (Wildman–Crippen MR) is 79.0 cm³/mol. The maximum absolute atomic E-state index is 10.4. The largest absolute Gasteiger partial charge is 0.478 e. The SMILES string of the molecule is Cl.NC(N)=Nc1ccc(C(=O)O)cc1.O=C1CCC(=O)N1O. The molecule has 2 rings (SSSR count). The Morgan fingerprint density at radius 3 is 1.82 bits per heavy atom. The van der Waals surface area contributed by atoms with Gasteiger partial charge in [0.25, 0.3) is 11.8 Å². The zero-order valence-corrected chi connectivity index (χ0v) is 12.1. The van der Waals surface area contributed by atoms with Crippen LogP contribution in [0.15, 0.2) is 29.3 Å². The van der Waals surface area contributed by atoms with Crippen molar-refractivity contribution in [2.24, 2.45) is 16.5 Å². The summed E-state index contributed by atoms with van der Waals surface area (Å²) in [6.07, 6.45) is 0.296. The third kappa shape index (κ3) is 5.77. The van der Waals surface area contributed by atoms with Crippen LogP contribution in [0.1, 0.15) is 23.2 Å². The van der Waals surface area contributed by atoms with Crippen LogP contribution in [0.2, 0.25) is 0 Å². The number of guanidine groups is 1. The third-order valence-corrected chi connectivity index (χ3v) is 2.40. The Kier molecular flexibility index (Phi) is 7.56. The van der Waals surface area contributed by atoms with Crippen molar-refractivity contribution in [3.8, 4) is 0 Å². The second kappa shape index (κ2) is 8.60. The number of benzene rings is 1. The lowest BCUT2D eigenvalue weighted by Gasteiger charge is -1.98. The topological polar surface area (TPSA) is 159 Å². The molecule has 22 heavy (non-hydrogen) atoms. The summed E-state index contributed by atoms with van der Waals surface area (Å²) in [5, 5.41) is 17.1. The first kappa shape index (κ1) is 19.4. The number of halogens is 1. The molecule has 10 heteroatoms. The summed E-state index contributed by atoms with van der Waals surface area (Å²) in [4.78, 5) is 34.7. The van der Waals surface area contributed by atoms with Gasteiger partial charge >= 0.3 is 5.97 Å². The number of carboxylic acids is 1. The van der Waals surface area contributed by atoms with Gasteiger partial charge in [0.1, 0.15) is 0 Å². The number of nitrogens with zero attached hydrogens (tertiary/aromatic N) is 2. The van der Waals surface area contributed by atoms with Crippen LogP contribution in [0, 0.1) is 0 Å². The highest BCUT2D eigenvalue weighted by atomic mass is 35.5. The fourth-order valence-corrected chi connectivity index (χ4v) is 1.39. The number of aromatic carboxylic acids is 1. The molecular weight excluding hydrogens is 316 g/mol. The minimum Gasteiger partial charge on any atom is -0.478 e. The van der Waals surface area contributed by atoms with Crippen molar-refractivity contribution in [3.63, 3.8) is 0 Å². The summed E-state index contributed by atoms with van der Waals surface area (Å²) in [6.45, 7) is 0. The molecule has 2 amide bonds. The lowest BCUT2D eigenvalue weighted by molar-refractivity contribution is -0.171. The molecule has 0 saturated carbocycles. The van der Waals surface area contributed by atoms with E-state index >= 15 is 0 Å². The average molecular weight is 331 g/mol. The summed E-state index contributed by atoms with van der Waals surface area (Å²) in [5.74, 6) is -2.04. The lowest BCUT2D eigenvalue weighted by Crippen LogP contribution is -2.24. The molecule has 0 radical (unpaired) electrons. The molecule has 1 saturated heterocycles. The summed E-state index contributed by atoms with van der Waals surface area (Å²) < 4.78 is 0. The summed E-state index contributed by atoms with van der Waals surface area (Å²) >= 11 is 0. The number of carboxylic acid groups (broad SMARTS) is 1. The van der Waals surface area contributed by atoms with Gasteiger partial charge < -0.3 is 16.6 Å². The van der Waals surface area contributed by atoms with Gasteiger partial charge in [0.05, 0.1) is 11.3 Å². The second-order valence-electron chi connectivity index (χ2n) is 3.99. The van der Waals surface area contributed by atoms with E-state index < -0.39 is 17.8 Å². The van der Waals surface area contributed by atoms with Crippen molar-refractivity contribution in [3.05, 3.63) is 29.8 Å². The second-order valence-corrected chi connectivity index (χ2v) is 3.99. The van der Waals surface area contributed by atoms with Crippen LogP contribution in [0.25, 0.3) is 0 Å². The van der Waals surface area contributed by atoms with Crippen LogP contribution in [0.5, 0.6) is 0 Å². The van der Waals surface area contributed by atoms with Crippen molar-refractivity contribution in [2.75, 3.05) is 0 Å². The van der Waals surface area contributed by atoms with Gasteiger partial charge in [0, 0.05) is 12.8 Å². The molecule has 1 aliphatic heterocycles. The van der Waals surface area contributed by atoms with E-state index in [1.807, 2.05) is 0 Å². The molecule has 1 aromatic rings. The normalized spacial score (nSPS) is 12.9. The maximum atomic E-state index is 10.4. The number of amides is 2. The molecule has 0 spiro atoms. The summed E-state index contributed by atoms with van der Waals surface area (Å²) in [7, 11) is 0. The van der Waals surface area contributed by atoms with E-state index in [1.165, 1.54) is 24.3 Å². The van der Waals surface area contributed by atoms with Crippen LogP contribution in [-0.4, -0.2) is 39.1 Å². The number of hydrogen-bond donors (Lipinski definition) is 4. The highest BCUT2D eigenvalue weighted by molar-refractivity contribution is 6.00. The van der Waals surface area contributed by atoms with Gasteiger partial charge in [-0.15, -0.1) is 12.4 Å². The first-order chi connectivity index (χ1) is 9.81. The molecule has 6 N–H and O–H groups in total. The van der Waals surface area contributed by atoms with E-state index in [0.29, 0.717) is 5.69 Å². The van der Waals surface area contributed by atoms with Crippen LogP contribution < -0.4 is 11.5 Å². The number of carbonyl (C=O) groups is 3. The molecule has 0 aliphatic carbocycles. The standard InChI is InChI=1S/C8H9N3O2.C4H5NO3.ClH/c9-8(10)11-6-3-1-5(2-4-6)7(12)13;6-3-1-2-4(7)5(3)8;/h1-4H,(H,12,13)(H4,9,10,11);8H,1-2H2;1H. The minimum absolute atomic E-state index is 0. The van der Waals surface area contributed by atoms with Crippen molar-refractivity contribution in [1.82, 2.24) is 5.06 Å². The maximum Gasteiger partial charge on any atom is 0.335 e. The number of carbonyl (C=O) groups excluding carboxylic acids is 2. The number of aliphatic imine (C=N–C) groups is 1. The van der Waals surface area contributed by atoms with Gasteiger partial charge in [-0.1, -0.05) is 0 Å². The minimum atomic E-state index is -0.976. The van der Waals surface area contributed by atoms with Crippen molar-refractivity contribution in [2.45, 2.75) is 12.8 Å². The number of hydrogen-bond acceptors (Lipinski definition) is 5. The Morgan fingerprint density at radius 1 is 1.09 bits per heavy atom. The summed E-state index contributed by atoms with van der Waals surface area (Å²) in [5.41, 5.74) is 11.0. The van der Waals surface area contributed by atoms with Gasteiger partial charge in [-0.3, -0.25) is 14.8 Å². The lowest BCUT2D eigenvalue weighted by atomic mass is 10.2. The molecule has 1 heterocycles. The Bertz CT molecular complexity index is 568. The highest BCUT2D eigenvalue weighted by Gasteiger charge is 2.26. The molecule has 1 aromatic carbocycles. The molecular formula is C12H15ClN4O5. The van der Waals surface area contributed by atoms with Crippen LogP contribution in [0.4, 0.5) is 5.69 Å². The molecule has 0 bridgehead atoms. The van der Waals surface area contributed by atoms with E-state index in [2.05, 4.69) is 4.99 Å². The van der Waals surface area contributed by atoms with E-state index in [4.69, 9.17) is 21.8 Å². The first-order valence-electron chi connectivity index (χ1n) is 5.79. The van der Waals surface area contributed by atoms with Gasteiger partial charge in [0.15, 0.2) is 5.96 Å². The molecule has 120 valence electrons. The third-order valence-electron chi connectivity index (χ3n) is 2.40. The summed E-state index contributed by atoms with van der Waals surface area (Å²) in [6, 6.07) is 5.93. The molecule has 0 aromatic heterocycles. The average Bonchev–Trinajstić information content (AvgIpc) is 2.71. The zero-order chi connectivity index (χ0) is 16.0. The molecule has 1 aliphatic rings. The van der Waals surface area contributed by atoms with E-state index in [0.717, 1.165) is 0 Å². The molecule has 0 unspecified atom stereocenters. The van der Waals surface area contributed by atoms with Gasteiger partial charge in [-0.25, -0.2) is 9.79 Å². The van der Waals surface area contributed by atoms with Crippen LogP contribution in [-0.2, 0) is 9.59 Å². The molecule has 1 fully saturated rings. The predicted octanol–water partition coefficient (Wildman–Crippen LogP) is 0.236. The smallest absolute Gasteiger partial charge is 0.335 e. The zero-order valence-electron chi connectivity index (χ0n) is 11.3. The highest BCUT2D eigenvalue weighted by Crippen LogP contribution is 2.12. The van der Waals surface area contributed by atoms with Gasteiger partial charge in [-0.2, -0.15) is 5.06 Å². The molecule has 0 atom stereocenters. The first-order valence-corrected chi connectivity index (χ1v) is 5.79. The molecule has 9 nitrogen and oxygen atoms in total. The fraction of sp³-hybridized carbons (Fsp3) is 0.167. The van der Waals surface area contributed by atoms with Crippen molar-refractivity contribution in [1.29, 1.82) is 0 Å².